The number of hydrogen-bond donors (Lipinski definition) is 2. The first-order valence-corrected chi connectivity index (χ1v) is 10.6. The molecule has 0 aliphatic rings. The number of hydrogen-bond acceptors (Lipinski definition) is 8. The van der Waals surface area contributed by atoms with Gasteiger partial charge in [0.15, 0.2) is 0 Å². The maximum atomic E-state index is 12.6. The van der Waals surface area contributed by atoms with Gasteiger partial charge in [-0.15, -0.1) is 11.3 Å². The number of thiazole rings is 1. The normalized spacial score (nSPS) is 10.8. The molecule has 11 heteroatoms. The van der Waals surface area contributed by atoms with Crippen molar-refractivity contribution in [1.29, 1.82) is 0 Å². The molecule has 0 bridgehead atoms. The van der Waals surface area contributed by atoms with Gasteiger partial charge in [0.2, 0.25) is 0 Å². The smallest absolute Gasteiger partial charge is 0.316 e. The monoisotopic (exact) mass is 467 g/mol. The number of halogens is 2. The minimum Gasteiger partial charge on any atom is -0.461 e. The van der Waals surface area contributed by atoms with Gasteiger partial charge in [-0.2, -0.15) is 4.98 Å². The second kappa shape index (κ2) is 10.6. The van der Waals surface area contributed by atoms with Crippen molar-refractivity contribution in [3.05, 3.63) is 51.1 Å². The van der Waals surface area contributed by atoms with Crippen LogP contribution in [0.4, 0.5) is 5.82 Å². The molecule has 0 radical (unpaired) electrons. The van der Waals surface area contributed by atoms with Gasteiger partial charge < -0.3 is 20.5 Å². The molecule has 0 saturated carbocycles. The van der Waals surface area contributed by atoms with E-state index in [-0.39, 0.29) is 11.9 Å². The predicted octanol–water partition coefficient (Wildman–Crippen LogP) is 3.82. The average Bonchev–Trinajstić information content (AvgIpc) is 3.18. The molecule has 2 heterocycles. The fourth-order valence-electron chi connectivity index (χ4n) is 2.39. The molecule has 3 aromatic rings. The zero-order valence-electron chi connectivity index (χ0n) is 16.0. The molecule has 0 atom stereocenters. The number of anilines is 1. The van der Waals surface area contributed by atoms with Crippen molar-refractivity contribution >= 4 is 46.3 Å². The third-order valence-electron chi connectivity index (χ3n) is 3.84. The van der Waals surface area contributed by atoms with Crippen molar-refractivity contribution in [3.63, 3.8) is 0 Å². The van der Waals surface area contributed by atoms with Crippen LogP contribution in [0.2, 0.25) is 10.0 Å². The van der Waals surface area contributed by atoms with E-state index in [0.29, 0.717) is 58.5 Å². The first-order chi connectivity index (χ1) is 14.5. The van der Waals surface area contributed by atoms with Crippen LogP contribution < -0.4 is 15.8 Å². The van der Waals surface area contributed by atoms with E-state index in [1.807, 2.05) is 6.07 Å². The van der Waals surface area contributed by atoms with E-state index in [1.54, 1.807) is 24.4 Å². The van der Waals surface area contributed by atoms with E-state index >= 15 is 0 Å². The Morgan fingerprint density at radius 2 is 2.03 bits per heavy atom. The van der Waals surface area contributed by atoms with E-state index in [2.05, 4.69) is 20.3 Å². The molecule has 3 rings (SSSR count). The third kappa shape index (κ3) is 5.87. The van der Waals surface area contributed by atoms with Crippen LogP contribution in [0.25, 0.3) is 10.6 Å². The number of nitrogens with zero attached hydrogens (tertiary/aromatic N) is 3. The minimum absolute atomic E-state index is 0.177. The fraction of sp³-hybridized carbons (Fsp3) is 0.263. The summed E-state index contributed by atoms with van der Waals surface area (Å²) < 4.78 is 10.6. The summed E-state index contributed by atoms with van der Waals surface area (Å²) in [6, 6.07) is 5.42. The summed E-state index contributed by atoms with van der Waals surface area (Å²) in [6.07, 6.45) is 1.42. The van der Waals surface area contributed by atoms with Gasteiger partial charge in [-0.25, -0.2) is 9.97 Å². The highest BCUT2D eigenvalue weighted by atomic mass is 35.5. The molecule has 0 unspecified atom stereocenters. The van der Waals surface area contributed by atoms with Gasteiger partial charge in [0.25, 0.3) is 5.91 Å². The van der Waals surface area contributed by atoms with Crippen molar-refractivity contribution in [3.8, 4) is 16.6 Å². The molecule has 3 N–H and O–H groups in total. The standard InChI is InChI=1S/C19H19Cl2N5O3S/c1-11-13(9-23-19(24-11)29-7-6-28-5-4-22)17(27)25-16-10-30-18(26-16)12-2-3-14(20)15(21)8-12/h2-3,8-10H,4-7,22H2,1H3,(H,25,27). The SMILES string of the molecule is Cc1nc(OCCOCCN)ncc1C(=O)Nc1csc(-c2ccc(Cl)c(Cl)c2)n1. The van der Waals surface area contributed by atoms with Crippen LogP contribution in [0, 0.1) is 6.92 Å². The number of ether oxygens (including phenoxy) is 2. The summed E-state index contributed by atoms with van der Waals surface area (Å²) in [7, 11) is 0. The van der Waals surface area contributed by atoms with E-state index in [0.717, 1.165) is 5.56 Å². The van der Waals surface area contributed by atoms with Crippen LogP contribution in [0.3, 0.4) is 0 Å². The second-order valence-electron chi connectivity index (χ2n) is 6.02. The Labute approximate surface area is 187 Å². The third-order valence-corrected chi connectivity index (χ3v) is 5.47. The minimum atomic E-state index is -0.365. The van der Waals surface area contributed by atoms with E-state index in [1.165, 1.54) is 17.5 Å². The Bertz CT molecular complexity index is 1030. The van der Waals surface area contributed by atoms with Gasteiger partial charge in [0, 0.05) is 23.7 Å². The van der Waals surface area contributed by atoms with E-state index in [4.69, 9.17) is 38.4 Å². The molecule has 8 nitrogen and oxygen atoms in total. The van der Waals surface area contributed by atoms with E-state index in [9.17, 15) is 4.79 Å². The summed E-state index contributed by atoms with van der Waals surface area (Å²) >= 11 is 13.4. The van der Waals surface area contributed by atoms with Crippen molar-refractivity contribution in [1.82, 2.24) is 15.0 Å². The van der Waals surface area contributed by atoms with Crippen LogP contribution in [-0.4, -0.2) is 47.2 Å². The average molecular weight is 468 g/mol. The van der Waals surface area contributed by atoms with Crippen molar-refractivity contribution in [2.75, 3.05) is 31.7 Å². The lowest BCUT2D eigenvalue weighted by atomic mass is 10.2. The molecule has 0 aliphatic heterocycles. The summed E-state index contributed by atoms with van der Waals surface area (Å²) in [5, 5.41) is 6.11. The molecule has 158 valence electrons. The lowest BCUT2D eigenvalue weighted by Gasteiger charge is -2.08. The highest BCUT2D eigenvalue weighted by Crippen LogP contribution is 2.31. The molecular weight excluding hydrogens is 449 g/mol. The highest BCUT2D eigenvalue weighted by molar-refractivity contribution is 7.13. The van der Waals surface area contributed by atoms with Crippen molar-refractivity contribution < 1.29 is 14.3 Å². The maximum absolute atomic E-state index is 12.6. The van der Waals surface area contributed by atoms with Gasteiger partial charge in [-0.3, -0.25) is 4.79 Å². The Morgan fingerprint density at radius 3 is 2.77 bits per heavy atom. The van der Waals surface area contributed by atoms with Gasteiger partial charge in [0.05, 0.1) is 34.5 Å². The lowest BCUT2D eigenvalue weighted by Crippen LogP contribution is -2.16. The van der Waals surface area contributed by atoms with Gasteiger partial charge in [-0.1, -0.05) is 29.3 Å². The number of carbonyl (C=O) groups is 1. The van der Waals surface area contributed by atoms with Crippen LogP contribution >= 0.6 is 34.5 Å². The number of amides is 1. The molecule has 1 aromatic carbocycles. The van der Waals surface area contributed by atoms with Crippen LogP contribution in [0.5, 0.6) is 6.01 Å². The Morgan fingerprint density at radius 1 is 1.20 bits per heavy atom. The van der Waals surface area contributed by atoms with Crippen LogP contribution in [-0.2, 0) is 4.74 Å². The topological polar surface area (TPSA) is 112 Å². The Balaban J connectivity index is 1.62. The van der Waals surface area contributed by atoms with Gasteiger partial charge in [-0.05, 0) is 19.1 Å². The Kier molecular flexibility index (Phi) is 7.94. The largest absolute Gasteiger partial charge is 0.461 e. The zero-order valence-corrected chi connectivity index (χ0v) is 18.4. The highest BCUT2D eigenvalue weighted by Gasteiger charge is 2.15. The fourth-order valence-corrected chi connectivity index (χ4v) is 3.44. The molecule has 0 fully saturated rings. The maximum Gasteiger partial charge on any atom is 0.316 e. The Hall–Kier alpha value is -2.30. The van der Waals surface area contributed by atoms with Gasteiger partial charge in [0.1, 0.15) is 17.4 Å². The molecule has 2 aromatic heterocycles. The quantitative estimate of drug-likeness (QED) is 0.459. The molecule has 1 amide bonds. The van der Waals surface area contributed by atoms with Crippen molar-refractivity contribution in [2.24, 2.45) is 5.73 Å². The van der Waals surface area contributed by atoms with Crippen molar-refractivity contribution in [2.45, 2.75) is 6.92 Å². The number of rotatable bonds is 9. The molecule has 0 spiro atoms. The summed E-state index contributed by atoms with van der Waals surface area (Å²) in [4.78, 5) is 25.3. The number of aromatic nitrogens is 3. The number of nitrogens with one attached hydrogen (secondary N) is 1. The lowest BCUT2D eigenvalue weighted by molar-refractivity contribution is 0.101. The number of aryl methyl sites for hydroxylation is 1. The first kappa shape index (κ1) is 22.4. The summed E-state index contributed by atoms with van der Waals surface area (Å²) in [5.41, 5.74) is 6.96. The van der Waals surface area contributed by atoms with Crippen LogP contribution in [0.1, 0.15) is 16.1 Å². The zero-order chi connectivity index (χ0) is 21.5. The number of benzene rings is 1. The predicted molar refractivity (Wildman–Crippen MR) is 118 cm³/mol. The summed E-state index contributed by atoms with van der Waals surface area (Å²) in [5.74, 6) is 0.0548. The number of carbonyl (C=O) groups excluding carboxylic acids is 1. The second-order valence-corrected chi connectivity index (χ2v) is 7.69. The van der Waals surface area contributed by atoms with Crippen LogP contribution in [0.15, 0.2) is 29.8 Å². The molecule has 0 aliphatic carbocycles. The first-order valence-electron chi connectivity index (χ1n) is 8.94. The number of nitrogens with two attached hydrogens (primary N) is 1. The van der Waals surface area contributed by atoms with E-state index < -0.39 is 0 Å². The van der Waals surface area contributed by atoms with Gasteiger partial charge >= 0.3 is 6.01 Å². The molecular formula is C19H19Cl2N5O3S. The summed E-state index contributed by atoms with van der Waals surface area (Å²) in [6.45, 7) is 3.30. The molecule has 0 saturated heterocycles. The molecule has 30 heavy (non-hydrogen) atoms.